The standard InChI is InChI=1S/C47H34N2S/c1-47(2)40-21-11-9-18-37(40)38-29-28-35(30-41(38)47)48(34-26-24-32(25-27-34)31-14-5-3-6-15-31)45-39-19-10-12-22-42(39)49-44-36(33-16-7-4-8-17-33)20-13-23-43(44)50-46(45)49/h3-30H,1-2H3. The van der Waals surface area contributed by atoms with Crippen molar-refractivity contribution in [1.82, 2.24) is 4.40 Å². The third kappa shape index (κ3) is 4.27. The van der Waals surface area contributed by atoms with Gasteiger partial charge in [0.2, 0.25) is 0 Å². The fraction of sp³-hybridized carbons (Fsp3) is 0.0638. The quantitative estimate of drug-likeness (QED) is 0.179. The predicted octanol–water partition coefficient (Wildman–Crippen LogP) is 13.4. The molecule has 0 aliphatic heterocycles. The van der Waals surface area contributed by atoms with Crippen LogP contribution in [-0.2, 0) is 5.41 Å². The molecule has 0 fully saturated rings. The normalized spacial score (nSPS) is 13.2. The van der Waals surface area contributed by atoms with Crippen molar-refractivity contribution in [2.75, 3.05) is 4.90 Å². The Morgan fingerprint density at radius 2 is 1.12 bits per heavy atom. The van der Waals surface area contributed by atoms with E-state index in [-0.39, 0.29) is 5.41 Å². The van der Waals surface area contributed by atoms with Crippen LogP contribution in [0.3, 0.4) is 0 Å². The van der Waals surface area contributed by atoms with E-state index in [9.17, 15) is 0 Å². The molecule has 7 aromatic carbocycles. The zero-order chi connectivity index (χ0) is 33.4. The number of nitrogens with zero attached hydrogens (tertiary/aromatic N) is 2. The minimum atomic E-state index is -0.106. The summed E-state index contributed by atoms with van der Waals surface area (Å²) in [4.78, 5) is 3.74. The lowest BCUT2D eigenvalue weighted by Gasteiger charge is -2.28. The van der Waals surface area contributed by atoms with Gasteiger partial charge in [0, 0.05) is 27.7 Å². The Kier molecular flexibility index (Phi) is 6.43. The van der Waals surface area contributed by atoms with Gasteiger partial charge in [0.1, 0.15) is 4.83 Å². The number of para-hydroxylation sites is 2. The smallest absolute Gasteiger partial charge is 0.126 e. The lowest BCUT2D eigenvalue weighted by Crippen LogP contribution is -2.16. The summed E-state index contributed by atoms with van der Waals surface area (Å²) >= 11 is 1.88. The van der Waals surface area contributed by atoms with Crippen molar-refractivity contribution in [3.63, 3.8) is 0 Å². The van der Waals surface area contributed by atoms with Crippen molar-refractivity contribution in [3.8, 4) is 33.4 Å². The Labute approximate surface area is 296 Å². The van der Waals surface area contributed by atoms with Gasteiger partial charge in [0.05, 0.1) is 21.4 Å². The number of fused-ring (bicyclic) bond motifs is 8. The van der Waals surface area contributed by atoms with E-state index in [1.54, 1.807) is 0 Å². The number of rotatable bonds is 5. The van der Waals surface area contributed by atoms with Crippen LogP contribution in [0.25, 0.3) is 59.3 Å². The van der Waals surface area contributed by atoms with Crippen LogP contribution in [0, 0.1) is 0 Å². The van der Waals surface area contributed by atoms with Crippen molar-refractivity contribution in [2.45, 2.75) is 19.3 Å². The minimum absolute atomic E-state index is 0.106. The molecule has 0 bridgehead atoms. The summed E-state index contributed by atoms with van der Waals surface area (Å²) in [5, 5.41) is 1.23. The highest BCUT2D eigenvalue weighted by molar-refractivity contribution is 7.24. The SMILES string of the molecule is CC1(C)c2ccccc2-c2ccc(N(c3ccc(-c4ccccc4)cc3)c3c4ccccc4n4c3sc3cccc(-c5ccccc5)c34)cc21. The average molecular weight is 659 g/mol. The van der Waals surface area contributed by atoms with Gasteiger partial charge in [-0.3, -0.25) is 4.40 Å². The van der Waals surface area contributed by atoms with Crippen molar-refractivity contribution >= 4 is 54.3 Å². The van der Waals surface area contributed by atoms with Crippen LogP contribution < -0.4 is 4.90 Å². The Hall–Kier alpha value is -5.90. The lowest BCUT2D eigenvalue weighted by molar-refractivity contribution is 0.660. The molecule has 1 aliphatic rings. The number of hydrogen-bond acceptors (Lipinski definition) is 2. The average Bonchev–Trinajstić information content (AvgIpc) is 3.78. The molecule has 238 valence electrons. The van der Waals surface area contributed by atoms with Crippen LogP contribution in [0.1, 0.15) is 25.0 Å². The fourth-order valence-corrected chi connectivity index (χ4v) is 9.43. The molecular formula is C47H34N2S. The van der Waals surface area contributed by atoms with Gasteiger partial charge in [-0.05, 0) is 75.3 Å². The van der Waals surface area contributed by atoms with E-state index >= 15 is 0 Å². The second-order valence-corrected chi connectivity index (χ2v) is 14.8. The van der Waals surface area contributed by atoms with Crippen molar-refractivity contribution in [3.05, 3.63) is 181 Å². The Balaban J connectivity index is 1.26. The van der Waals surface area contributed by atoms with E-state index in [1.165, 1.54) is 76.1 Å². The van der Waals surface area contributed by atoms with E-state index < -0.39 is 0 Å². The van der Waals surface area contributed by atoms with Crippen LogP contribution in [0.2, 0.25) is 0 Å². The molecule has 9 aromatic rings. The summed E-state index contributed by atoms with van der Waals surface area (Å²) in [6.45, 7) is 4.73. The van der Waals surface area contributed by atoms with Gasteiger partial charge in [-0.1, -0.05) is 147 Å². The molecule has 0 atom stereocenters. The van der Waals surface area contributed by atoms with Crippen molar-refractivity contribution in [1.29, 1.82) is 0 Å². The molecule has 0 saturated heterocycles. The zero-order valence-electron chi connectivity index (χ0n) is 28.0. The highest BCUT2D eigenvalue weighted by atomic mass is 32.1. The minimum Gasteiger partial charge on any atom is -0.307 e. The van der Waals surface area contributed by atoms with Gasteiger partial charge in [0.15, 0.2) is 0 Å². The molecule has 0 amide bonds. The van der Waals surface area contributed by atoms with Gasteiger partial charge in [-0.15, -0.1) is 11.3 Å². The van der Waals surface area contributed by atoms with Crippen LogP contribution in [0.4, 0.5) is 17.1 Å². The first-order valence-corrected chi connectivity index (χ1v) is 18.1. The highest BCUT2D eigenvalue weighted by Crippen LogP contribution is 2.53. The number of benzene rings is 7. The van der Waals surface area contributed by atoms with Crippen LogP contribution in [0.5, 0.6) is 0 Å². The first kappa shape index (κ1) is 29.1. The van der Waals surface area contributed by atoms with Gasteiger partial charge in [0.25, 0.3) is 0 Å². The molecule has 2 heterocycles. The monoisotopic (exact) mass is 658 g/mol. The van der Waals surface area contributed by atoms with Gasteiger partial charge in [-0.2, -0.15) is 0 Å². The molecule has 0 N–H and O–H groups in total. The highest BCUT2D eigenvalue weighted by Gasteiger charge is 2.36. The fourth-order valence-electron chi connectivity index (χ4n) is 8.19. The van der Waals surface area contributed by atoms with E-state index in [2.05, 4.69) is 193 Å². The molecule has 0 saturated carbocycles. The number of hydrogen-bond donors (Lipinski definition) is 0. The molecule has 2 aromatic heterocycles. The molecule has 2 nitrogen and oxygen atoms in total. The Morgan fingerprint density at radius 3 is 1.92 bits per heavy atom. The maximum absolute atomic E-state index is 2.51. The summed E-state index contributed by atoms with van der Waals surface area (Å²) in [5.74, 6) is 0. The summed E-state index contributed by atoms with van der Waals surface area (Å²) < 4.78 is 3.78. The summed E-state index contributed by atoms with van der Waals surface area (Å²) in [5.41, 5.74) is 16.2. The molecule has 1 aliphatic carbocycles. The van der Waals surface area contributed by atoms with Gasteiger partial charge >= 0.3 is 0 Å². The van der Waals surface area contributed by atoms with E-state index in [0.29, 0.717) is 0 Å². The molecule has 0 unspecified atom stereocenters. The Bertz CT molecular complexity index is 2720. The van der Waals surface area contributed by atoms with Crippen molar-refractivity contribution in [2.24, 2.45) is 0 Å². The number of anilines is 3. The van der Waals surface area contributed by atoms with E-state index in [1.807, 2.05) is 11.3 Å². The van der Waals surface area contributed by atoms with E-state index in [0.717, 1.165) is 11.4 Å². The predicted molar refractivity (Wildman–Crippen MR) is 213 cm³/mol. The molecule has 10 rings (SSSR count). The maximum atomic E-state index is 2.51. The first-order valence-electron chi connectivity index (χ1n) is 17.3. The first-order chi connectivity index (χ1) is 24.6. The second-order valence-electron chi connectivity index (χ2n) is 13.8. The number of aromatic nitrogens is 1. The molecule has 0 spiro atoms. The van der Waals surface area contributed by atoms with Gasteiger partial charge < -0.3 is 4.90 Å². The summed E-state index contributed by atoms with van der Waals surface area (Å²) in [6.07, 6.45) is 0. The van der Waals surface area contributed by atoms with Crippen LogP contribution in [0.15, 0.2) is 170 Å². The van der Waals surface area contributed by atoms with E-state index in [4.69, 9.17) is 0 Å². The van der Waals surface area contributed by atoms with Crippen molar-refractivity contribution < 1.29 is 0 Å². The maximum Gasteiger partial charge on any atom is 0.126 e. The molecule has 50 heavy (non-hydrogen) atoms. The third-order valence-electron chi connectivity index (χ3n) is 10.6. The summed E-state index contributed by atoms with van der Waals surface area (Å²) in [7, 11) is 0. The van der Waals surface area contributed by atoms with Gasteiger partial charge in [-0.25, -0.2) is 0 Å². The van der Waals surface area contributed by atoms with Crippen LogP contribution in [-0.4, -0.2) is 4.40 Å². The topological polar surface area (TPSA) is 7.65 Å². The Morgan fingerprint density at radius 1 is 0.500 bits per heavy atom. The molecular weight excluding hydrogens is 625 g/mol. The lowest BCUT2D eigenvalue weighted by atomic mass is 9.82. The second kappa shape index (κ2) is 11.1. The largest absolute Gasteiger partial charge is 0.307 e. The summed E-state index contributed by atoms with van der Waals surface area (Å²) in [6, 6.07) is 62.2. The van der Waals surface area contributed by atoms with Crippen LogP contribution >= 0.6 is 11.3 Å². The molecule has 0 radical (unpaired) electrons. The molecule has 3 heteroatoms. The zero-order valence-corrected chi connectivity index (χ0v) is 28.8. The third-order valence-corrected chi connectivity index (χ3v) is 11.7. The number of thiazole rings is 1.